The van der Waals surface area contributed by atoms with E-state index in [1.807, 2.05) is 0 Å². The maximum atomic E-state index is 5.55. The van der Waals surface area contributed by atoms with Crippen LogP contribution in [-0.2, 0) is 16.5 Å². The van der Waals surface area contributed by atoms with Crippen LogP contribution in [0, 0.1) is 0 Å². The van der Waals surface area contributed by atoms with Crippen molar-refractivity contribution in [3.8, 4) is 0 Å². The smallest absolute Gasteiger partial charge is 1.00 e. The van der Waals surface area contributed by atoms with Crippen LogP contribution < -0.4 is 24.8 Å². The Morgan fingerprint density at radius 1 is 0.439 bits per heavy atom. The van der Waals surface area contributed by atoms with Gasteiger partial charge in [0.25, 0.3) is 0 Å². The molecule has 0 heterocycles. The monoisotopic (exact) mass is 628 g/mol. The molecule has 0 radical (unpaired) electrons. The molecule has 0 fully saturated rings. The quantitative estimate of drug-likeness (QED) is 0.279. The molecule has 1 aliphatic carbocycles. The number of hydrogen-bond donors (Lipinski definition) is 0. The summed E-state index contributed by atoms with van der Waals surface area (Å²) >= 11 is 0. The SMILES string of the molecule is CC(C)c1cccc(C(C)C)c1N=C1C(=Nc2c(C(C)C)cccc2C(C)C)c2cccc3cccc1c23.[Cl-].[Cl-].[Ni+2]. The second kappa shape index (κ2) is 14.1. The van der Waals surface area contributed by atoms with E-state index in [1.165, 1.54) is 44.2 Å². The molecular weight excluding hydrogens is 590 g/mol. The summed E-state index contributed by atoms with van der Waals surface area (Å²) in [5.74, 6) is 1.51. The first-order valence-electron chi connectivity index (χ1n) is 14.1. The fourth-order valence-corrected chi connectivity index (χ4v) is 5.72. The van der Waals surface area contributed by atoms with Gasteiger partial charge in [0.05, 0.1) is 22.8 Å². The zero-order chi connectivity index (χ0) is 27.1. The van der Waals surface area contributed by atoms with Crippen molar-refractivity contribution in [1.29, 1.82) is 0 Å². The molecule has 2 nitrogen and oxygen atoms in total. The first-order chi connectivity index (χ1) is 18.2. The van der Waals surface area contributed by atoms with Crippen molar-refractivity contribution in [2.45, 2.75) is 79.1 Å². The molecule has 0 amide bonds. The summed E-state index contributed by atoms with van der Waals surface area (Å²) in [5, 5.41) is 2.49. The molecule has 0 saturated carbocycles. The van der Waals surface area contributed by atoms with Gasteiger partial charge in [-0.25, -0.2) is 9.98 Å². The molecule has 0 aromatic heterocycles. The van der Waals surface area contributed by atoms with Crippen LogP contribution in [0.2, 0.25) is 0 Å². The van der Waals surface area contributed by atoms with Crippen molar-refractivity contribution in [2.24, 2.45) is 9.98 Å². The van der Waals surface area contributed by atoms with Crippen LogP contribution in [0.5, 0.6) is 0 Å². The van der Waals surface area contributed by atoms with E-state index in [-0.39, 0.29) is 41.3 Å². The van der Waals surface area contributed by atoms with Crippen molar-refractivity contribution in [3.63, 3.8) is 0 Å². The van der Waals surface area contributed by atoms with Gasteiger partial charge in [-0.15, -0.1) is 0 Å². The number of benzene rings is 4. The first kappa shape index (κ1) is 34.8. The van der Waals surface area contributed by atoms with Crippen LogP contribution in [0.4, 0.5) is 11.4 Å². The molecule has 1 aliphatic rings. The van der Waals surface area contributed by atoms with E-state index >= 15 is 0 Å². The summed E-state index contributed by atoms with van der Waals surface area (Å²) in [4.78, 5) is 11.1. The van der Waals surface area contributed by atoms with Crippen molar-refractivity contribution < 1.29 is 41.3 Å². The van der Waals surface area contributed by atoms with Gasteiger partial charge in [0.2, 0.25) is 0 Å². The molecule has 41 heavy (non-hydrogen) atoms. The average molecular weight is 630 g/mol. The van der Waals surface area contributed by atoms with E-state index < -0.39 is 0 Å². The maximum Gasteiger partial charge on any atom is 2.00 e. The molecular formula is C36H40Cl2N2Ni. The topological polar surface area (TPSA) is 24.7 Å². The Hall–Kier alpha value is -2.45. The third-order valence-electron chi connectivity index (χ3n) is 7.77. The summed E-state index contributed by atoms with van der Waals surface area (Å²) in [7, 11) is 0. The molecule has 0 atom stereocenters. The molecule has 5 rings (SSSR count). The summed E-state index contributed by atoms with van der Waals surface area (Å²) in [6, 6.07) is 26.5. The number of rotatable bonds is 6. The second-order valence-electron chi connectivity index (χ2n) is 11.8. The normalized spacial score (nSPS) is 14.2. The second-order valence-corrected chi connectivity index (χ2v) is 11.8. The van der Waals surface area contributed by atoms with Crippen LogP contribution in [0.25, 0.3) is 10.8 Å². The van der Waals surface area contributed by atoms with Gasteiger partial charge in [-0.05, 0) is 51.3 Å². The average Bonchev–Trinajstić information content (AvgIpc) is 3.17. The minimum absolute atomic E-state index is 0. The van der Waals surface area contributed by atoms with Crippen molar-refractivity contribution in [2.75, 3.05) is 0 Å². The Kier molecular flexibility index (Phi) is 12.0. The Balaban J connectivity index is 0.00000196. The van der Waals surface area contributed by atoms with Crippen LogP contribution in [0.3, 0.4) is 0 Å². The van der Waals surface area contributed by atoms with Gasteiger partial charge in [0.1, 0.15) is 0 Å². The Labute approximate surface area is 268 Å². The van der Waals surface area contributed by atoms with Crippen molar-refractivity contribution >= 4 is 33.6 Å². The van der Waals surface area contributed by atoms with Gasteiger partial charge >= 0.3 is 16.5 Å². The summed E-state index contributed by atoms with van der Waals surface area (Å²) < 4.78 is 0. The van der Waals surface area contributed by atoms with E-state index in [2.05, 4.69) is 128 Å². The van der Waals surface area contributed by atoms with Gasteiger partial charge in [0, 0.05) is 16.5 Å². The van der Waals surface area contributed by atoms with Crippen molar-refractivity contribution in [3.05, 3.63) is 106 Å². The number of nitrogens with zero attached hydrogens (tertiary/aromatic N) is 2. The predicted molar refractivity (Wildman–Crippen MR) is 166 cm³/mol. The van der Waals surface area contributed by atoms with Gasteiger partial charge in [-0.2, -0.15) is 0 Å². The molecule has 218 valence electrons. The minimum atomic E-state index is 0. The van der Waals surface area contributed by atoms with Crippen LogP contribution in [-0.4, -0.2) is 11.4 Å². The van der Waals surface area contributed by atoms with E-state index in [0.717, 1.165) is 22.8 Å². The van der Waals surface area contributed by atoms with E-state index in [4.69, 9.17) is 9.98 Å². The van der Waals surface area contributed by atoms with Gasteiger partial charge in [0.15, 0.2) is 0 Å². The third kappa shape index (κ3) is 6.49. The van der Waals surface area contributed by atoms with E-state index in [0.29, 0.717) is 23.7 Å². The molecule has 0 unspecified atom stereocenters. The molecule has 0 saturated heterocycles. The molecule has 4 aromatic rings. The van der Waals surface area contributed by atoms with Gasteiger partial charge in [-0.1, -0.05) is 128 Å². The Bertz CT molecular complexity index is 1420. The Morgan fingerprint density at radius 2 is 0.732 bits per heavy atom. The molecule has 0 spiro atoms. The number of halogens is 2. The molecule has 0 N–H and O–H groups in total. The fraction of sp³-hybridized carbons (Fsp3) is 0.333. The number of para-hydroxylation sites is 2. The predicted octanol–water partition coefficient (Wildman–Crippen LogP) is 4.59. The van der Waals surface area contributed by atoms with Gasteiger partial charge < -0.3 is 24.8 Å². The molecule has 0 bridgehead atoms. The molecule has 0 aliphatic heterocycles. The number of hydrogen-bond acceptors (Lipinski definition) is 2. The van der Waals surface area contributed by atoms with E-state index in [1.54, 1.807) is 0 Å². The number of aliphatic imine (C=N–C) groups is 2. The minimum Gasteiger partial charge on any atom is -1.00 e. The van der Waals surface area contributed by atoms with Gasteiger partial charge in [-0.3, -0.25) is 0 Å². The summed E-state index contributed by atoms with van der Waals surface area (Å²) in [5.41, 5.74) is 11.7. The van der Waals surface area contributed by atoms with E-state index in [9.17, 15) is 0 Å². The summed E-state index contributed by atoms with van der Waals surface area (Å²) in [6.07, 6.45) is 0. The van der Waals surface area contributed by atoms with Crippen LogP contribution in [0.1, 0.15) is 112 Å². The molecule has 4 aromatic carbocycles. The zero-order valence-corrected chi connectivity index (χ0v) is 27.7. The summed E-state index contributed by atoms with van der Waals surface area (Å²) in [6.45, 7) is 18.1. The first-order valence-corrected chi connectivity index (χ1v) is 14.1. The largest absolute Gasteiger partial charge is 2.00 e. The Morgan fingerprint density at radius 3 is 1.02 bits per heavy atom. The molecule has 5 heteroatoms. The maximum absolute atomic E-state index is 5.55. The van der Waals surface area contributed by atoms with Crippen LogP contribution in [0.15, 0.2) is 82.8 Å². The zero-order valence-electron chi connectivity index (χ0n) is 25.2. The third-order valence-corrected chi connectivity index (χ3v) is 7.77. The standard InChI is InChI=1S/C36H40N2.2ClH.Ni/c1-21(2)26-15-11-16-27(22(3)4)33(26)37-35-30-19-9-13-25-14-10-20-31(32(25)30)36(35)38-34-28(23(5)6)17-12-18-29(34)24(7)8;;;/h9-24H,1-8H3;2*1H;/q;;;+2/p-2. The van der Waals surface area contributed by atoms with Crippen molar-refractivity contribution in [1.82, 2.24) is 0 Å². The van der Waals surface area contributed by atoms with Crippen LogP contribution >= 0.6 is 0 Å². The fourth-order valence-electron chi connectivity index (χ4n) is 5.72.